The number of ether oxygens (including phenoxy) is 3. The van der Waals surface area contributed by atoms with E-state index in [1.807, 2.05) is 13.8 Å². The summed E-state index contributed by atoms with van der Waals surface area (Å²) in [6, 6.07) is 15.6. The first-order valence-corrected chi connectivity index (χ1v) is 10.7. The van der Waals surface area contributed by atoms with Crippen LogP contribution < -0.4 is 15.4 Å². The number of esters is 2. The normalized spacial score (nSPS) is 15.8. The molecule has 0 aromatic heterocycles. The van der Waals surface area contributed by atoms with Crippen LogP contribution >= 0.6 is 11.6 Å². The molecule has 176 valence electrons. The van der Waals surface area contributed by atoms with Gasteiger partial charge in [-0.3, -0.25) is 4.90 Å². The van der Waals surface area contributed by atoms with Gasteiger partial charge in [-0.1, -0.05) is 41.9 Å². The Morgan fingerprint density at radius 3 is 2.26 bits per heavy atom. The Morgan fingerprint density at radius 2 is 1.74 bits per heavy atom. The van der Waals surface area contributed by atoms with Crippen molar-refractivity contribution >= 4 is 29.2 Å². The molecule has 1 unspecified atom stereocenters. The van der Waals surface area contributed by atoms with Gasteiger partial charge in [0.2, 0.25) is 0 Å². The molecule has 0 bridgehead atoms. The molecule has 8 nitrogen and oxygen atoms in total. The van der Waals surface area contributed by atoms with E-state index < -0.39 is 17.9 Å². The molecule has 0 spiro atoms. The van der Waals surface area contributed by atoms with Gasteiger partial charge < -0.3 is 19.9 Å². The van der Waals surface area contributed by atoms with Crippen LogP contribution in [0.25, 0.3) is 0 Å². The smallest absolute Gasteiger partial charge is 0.355 e. The van der Waals surface area contributed by atoms with E-state index >= 15 is 0 Å². The zero-order valence-electron chi connectivity index (χ0n) is 19.2. The molecule has 0 radical (unpaired) electrons. The van der Waals surface area contributed by atoms with Crippen LogP contribution in [-0.4, -0.2) is 32.3 Å². The third kappa shape index (κ3) is 4.56. The zero-order chi connectivity index (χ0) is 25.0. The van der Waals surface area contributed by atoms with Gasteiger partial charge in [0.1, 0.15) is 17.3 Å². The van der Waals surface area contributed by atoms with E-state index in [-0.39, 0.29) is 33.8 Å². The van der Waals surface area contributed by atoms with Crippen molar-refractivity contribution in [3.63, 3.8) is 0 Å². The first kappa shape index (κ1) is 24.7. The van der Waals surface area contributed by atoms with E-state index in [1.54, 1.807) is 42.5 Å². The summed E-state index contributed by atoms with van der Waals surface area (Å²) in [5.41, 5.74) is 7.20. The molecule has 0 aliphatic carbocycles. The highest BCUT2D eigenvalue weighted by Crippen LogP contribution is 2.44. The zero-order valence-corrected chi connectivity index (χ0v) is 19.9. The molecule has 3 rings (SSSR count). The monoisotopic (exact) mass is 481 g/mol. The fourth-order valence-corrected chi connectivity index (χ4v) is 3.98. The maximum atomic E-state index is 13.0. The standard InChI is InChI=1S/C25H24ClN3O5/c1-14(2)34-19-11-10-16(12-18(19)26)29-22(25(31)33-4)21(24(30)32-3)20(17(13-27)23(29)28)15-8-6-5-7-9-15/h5-12,14,20H,28H2,1-4H3. The van der Waals surface area contributed by atoms with Gasteiger partial charge in [-0.15, -0.1) is 0 Å². The molecule has 1 heterocycles. The average molecular weight is 482 g/mol. The molecular formula is C25H24ClN3O5. The summed E-state index contributed by atoms with van der Waals surface area (Å²) in [7, 11) is 2.38. The lowest BCUT2D eigenvalue weighted by Gasteiger charge is -2.36. The van der Waals surface area contributed by atoms with E-state index in [0.29, 0.717) is 17.0 Å². The predicted octanol–water partition coefficient (Wildman–Crippen LogP) is 4.02. The van der Waals surface area contributed by atoms with Crippen LogP contribution in [0.2, 0.25) is 5.02 Å². The van der Waals surface area contributed by atoms with Crippen LogP contribution in [0.4, 0.5) is 5.69 Å². The Bertz CT molecular complexity index is 1210. The van der Waals surface area contributed by atoms with Crippen molar-refractivity contribution in [3.8, 4) is 11.8 Å². The minimum Gasteiger partial charge on any atom is -0.489 e. The van der Waals surface area contributed by atoms with Crippen molar-refractivity contribution in [2.75, 3.05) is 19.1 Å². The largest absolute Gasteiger partial charge is 0.489 e. The van der Waals surface area contributed by atoms with Crippen molar-refractivity contribution in [1.29, 1.82) is 5.26 Å². The fourth-order valence-electron chi connectivity index (χ4n) is 3.76. The number of rotatable bonds is 6. The lowest BCUT2D eigenvalue weighted by atomic mass is 9.81. The molecule has 0 amide bonds. The number of nitriles is 1. The molecule has 0 saturated carbocycles. The molecular weight excluding hydrogens is 458 g/mol. The molecule has 2 aromatic rings. The van der Waals surface area contributed by atoms with Gasteiger partial charge in [0, 0.05) is 5.69 Å². The number of nitrogens with two attached hydrogens (primary N) is 1. The van der Waals surface area contributed by atoms with Crippen LogP contribution in [0.5, 0.6) is 5.75 Å². The van der Waals surface area contributed by atoms with Gasteiger partial charge in [0.15, 0.2) is 0 Å². The number of nitrogens with zero attached hydrogens (tertiary/aromatic N) is 2. The van der Waals surface area contributed by atoms with Crippen LogP contribution in [0.1, 0.15) is 25.3 Å². The topological polar surface area (TPSA) is 115 Å². The van der Waals surface area contributed by atoms with Crippen LogP contribution in [0.15, 0.2) is 71.2 Å². The Hall–Kier alpha value is -3.96. The van der Waals surface area contributed by atoms with Gasteiger partial charge in [-0.25, -0.2) is 9.59 Å². The molecule has 34 heavy (non-hydrogen) atoms. The SMILES string of the molecule is COC(=O)C1=C(C(=O)OC)N(c2ccc(OC(C)C)c(Cl)c2)C(N)=C(C#N)C1c1ccccc1. The number of allylic oxidation sites excluding steroid dienone is 1. The van der Waals surface area contributed by atoms with Gasteiger partial charge in [0.25, 0.3) is 0 Å². The van der Waals surface area contributed by atoms with E-state index in [4.69, 9.17) is 31.5 Å². The third-order valence-corrected chi connectivity index (χ3v) is 5.44. The van der Waals surface area contributed by atoms with E-state index in [9.17, 15) is 14.9 Å². The number of benzene rings is 2. The first-order valence-electron chi connectivity index (χ1n) is 10.4. The highest BCUT2D eigenvalue weighted by atomic mass is 35.5. The molecule has 2 N–H and O–H groups in total. The second-order valence-electron chi connectivity index (χ2n) is 7.62. The number of halogens is 1. The molecule has 1 atom stereocenters. The highest BCUT2D eigenvalue weighted by Gasteiger charge is 2.43. The minimum absolute atomic E-state index is 0.0435. The second-order valence-corrected chi connectivity index (χ2v) is 8.02. The van der Waals surface area contributed by atoms with E-state index in [0.717, 1.165) is 0 Å². The summed E-state index contributed by atoms with van der Waals surface area (Å²) in [5.74, 6) is -2.19. The molecule has 0 saturated heterocycles. The second kappa shape index (κ2) is 10.3. The third-order valence-electron chi connectivity index (χ3n) is 5.15. The number of hydrogen-bond donors (Lipinski definition) is 1. The Morgan fingerprint density at radius 1 is 1.09 bits per heavy atom. The minimum atomic E-state index is -0.942. The van der Waals surface area contributed by atoms with E-state index in [1.165, 1.54) is 25.2 Å². The number of methoxy groups -OCH3 is 2. The highest BCUT2D eigenvalue weighted by molar-refractivity contribution is 6.32. The Balaban J connectivity index is 2.34. The lowest BCUT2D eigenvalue weighted by molar-refractivity contribution is -0.139. The summed E-state index contributed by atoms with van der Waals surface area (Å²) in [4.78, 5) is 27.4. The molecule has 1 aliphatic heterocycles. The van der Waals surface area contributed by atoms with Crippen LogP contribution in [0, 0.1) is 11.3 Å². The van der Waals surface area contributed by atoms with Crippen LogP contribution in [0.3, 0.4) is 0 Å². The van der Waals surface area contributed by atoms with Crippen LogP contribution in [-0.2, 0) is 19.1 Å². The molecule has 1 aliphatic rings. The molecule has 9 heteroatoms. The predicted molar refractivity (Wildman–Crippen MR) is 127 cm³/mol. The molecule has 2 aromatic carbocycles. The average Bonchev–Trinajstić information content (AvgIpc) is 2.83. The van der Waals surface area contributed by atoms with Gasteiger partial charge in [0.05, 0.1) is 48.5 Å². The van der Waals surface area contributed by atoms with Crippen molar-refractivity contribution in [2.24, 2.45) is 5.73 Å². The summed E-state index contributed by atoms with van der Waals surface area (Å²) < 4.78 is 15.7. The first-order chi connectivity index (χ1) is 16.2. The Labute approximate surface area is 202 Å². The van der Waals surface area contributed by atoms with Crippen molar-refractivity contribution in [1.82, 2.24) is 0 Å². The maximum Gasteiger partial charge on any atom is 0.355 e. The van der Waals surface area contributed by atoms with Crippen molar-refractivity contribution < 1.29 is 23.8 Å². The summed E-state index contributed by atoms with van der Waals surface area (Å²) in [6.45, 7) is 3.72. The van der Waals surface area contributed by atoms with Gasteiger partial charge in [-0.2, -0.15) is 5.26 Å². The quantitative estimate of drug-likeness (QED) is 0.615. The van der Waals surface area contributed by atoms with E-state index in [2.05, 4.69) is 6.07 Å². The maximum absolute atomic E-state index is 13.0. The van der Waals surface area contributed by atoms with Crippen molar-refractivity contribution in [3.05, 3.63) is 81.8 Å². The van der Waals surface area contributed by atoms with Crippen molar-refractivity contribution in [2.45, 2.75) is 25.9 Å². The molecule has 0 fully saturated rings. The number of anilines is 1. The van der Waals surface area contributed by atoms with Gasteiger partial charge in [-0.05, 0) is 37.6 Å². The lowest BCUT2D eigenvalue weighted by Crippen LogP contribution is -2.40. The summed E-state index contributed by atoms with van der Waals surface area (Å²) in [5, 5.41) is 10.3. The Kier molecular flexibility index (Phi) is 7.49. The number of carbonyl (C=O) groups is 2. The summed E-state index contributed by atoms with van der Waals surface area (Å²) >= 11 is 6.43. The number of carbonyl (C=O) groups excluding carboxylic acids is 2. The summed E-state index contributed by atoms with van der Waals surface area (Å²) in [6.07, 6.45) is -0.114. The fraction of sp³-hybridized carbons (Fsp3) is 0.240. The van der Waals surface area contributed by atoms with Gasteiger partial charge >= 0.3 is 11.9 Å². The number of hydrogen-bond acceptors (Lipinski definition) is 8.